The van der Waals surface area contributed by atoms with E-state index in [2.05, 4.69) is 10.2 Å². The van der Waals surface area contributed by atoms with Crippen LogP contribution in [0.15, 0.2) is 30.3 Å². The maximum Gasteiger partial charge on any atom is 0.238 e. The number of nitrogens with two attached hydrogens (primary N) is 1. The maximum atomic E-state index is 13.2. The Balaban J connectivity index is 1.89. The van der Waals surface area contributed by atoms with Gasteiger partial charge in [0.2, 0.25) is 5.91 Å². The molecule has 0 aliphatic rings. The first-order valence-electron chi connectivity index (χ1n) is 7.28. The highest BCUT2D eigenvalue weighted by Gasteiger charge is 2.13. The molecule has 2 aromatic rings. The molecule has 1 aromatic heterocycles. The van der Waals surface area contributed by atoms with Gasteiger partial charge in [0.05, 0.1) is 11.7 Å². The quantitative estimate of drug-likeness (QED) is 0.856. The lowest BCUT2D eigenvalue weighted by Gasteiger charge is -2.18. The number of H-pyrrole nitrogens is 1. The van der Waals surface area contributed by atoms with Crippen LogP contribution < -0.4 is 5.73 Å². The summed E-state index contributed by atoms with van der Waals surface area (Å²) in [6.07, 6.45) is 1.57. The summed E-state index contributed by atoms with van der Waals surface area (Å²) in [6, 6.07) is 7.77. The van der Waals surface area contributed by atoms with Crippen molar-refractivity contribution in [1.82, 2.24) is 15.1 Å². The molecule has 118 valence electrons. The van der Waals surface area contributed by atoms with Crippen LogP contribution in [-0.2, 0) is 11.2 Å². The second-order valence-corrected chi connectivity index (χ2v) is 5.44. The summed E-state index contributed by atoms with van der Waals surface area (Å²) in [4.78, 5) is 13.3. The molecule has 6 heteroatoms. The monoisotopic (exact) mass is 304 g/mol. The van der Waals surface area contributed by atoms with Crippen molar-refractivity contribution in [2.24, 2.45) is 5.73 Å². The largest absolute Gasteiger partial charge is 0.344 e. The lowest BCUT2D eigenvalue weighted by molar-refractivity contribution is -0.130. The van der Waals surface area contributed by atoms with Crippen LogP contribution >= 0.6 is 0 Å². The molecule has 5 nitrogen and oxygen atoms in total. The number of aromatic nitrogens is 2. The van der Waals surface area contributed by atoms with E-state index in [1.807, 2.05) is 12.1 Å². The van der Waals surface area contributed by atoms with Crippen LogP contribution in [0.3, 0.4) is 0 Å². The number of carbonyl (C=O) groups excluding carboxylic acids is 1. The molecule has 0 unspecified atom stereocenters. The zero-order valence-electron chi connectivity index (χ0n) is 12.8. The van der Waals surface area contributed by atoms with E-state index in [1.165, 1.54) is 12.1 Å². The molecule has 2 rings (SSSR count). The van der Waals surface area contributed by atoms with Crippen molar-refractivity contribution in [3.63, 3.8) is 0 Å². The Labute approximate surface area is 129 Å². The van der Waals surface area contributed by atoms with E-state index in [-0.39, 0.29) is 11.7 Å². The van der Waals surface area contributed by atoms with Crippen LogP contribution in [0.5, 0.6) is 0 Å². The number of amides is 1. The van der Waals surface area contributed by atoms with E-state index in [1.54, 1.807) is 24.9 Å². The van der Waals surface area contributed by atoms with E-state index < -0.39 is 6.04 Å². The molecule has 1 atom stereocenters. The number of hydrogen-bond acceptors (Lipinski definition) is 3. The summed E-state index contributed by atoms with van der Waals surface area (Å²) in [6.45, 7) is 2.31. The highest BCUT2D eigenvalue weighted by Crippen LogP contribution is 2.19. The summed E-state index contributed by atoms with van der Waals surface area (Å²) in [5.74, 6) is -0.344. The fourth-order valence-electron chi connectivity index (χ4n) is 2.25. The zero-order chi connectivity index (χ0) is 16.1. The van der Waals surface area contributed by atoms with Gasteiger partial charge >= 0.3 is 0 Å². The Morgan fingerprint density at radius 1 is 1.45 bits per heavy atom. The molecule has 0 saturated carbocycles. The summed E-state index contributed by atoms with van der Waals surface area (Å²) in [5.41, 5.74) is 7.98. The Kier molecular flexibility index (Phi) is 5.27. The average Bonchev–Trinajstić information content (AvgIpc) is 2.95. The second-order valence-electron chi connectivity index (χ2n) is 5.44. The van der Waals surface area contributed by atoms with Gasteiger partial charge in [0.15, 0.2) is 0 Å². The van der Waals surface area contributed by atoms with Gasteiger partial charge in [-0.15, -0.1) is 0 Å². The van der Waals surface area contributed by atoms with Crippen molar-refractivity contribution in [3.8, 4) is 11.3 Å². The molecular formula is C16H21FN4O. The molecule has 0 radical (unpaired) electrons. The van der Waals surface area contributed by atoms with E-state index in [4.69, 9.17) is 5.73 Å². The van der Waals surface area contributed by atoms with Crippen LogP contribution in [0, 0.1) is 5.82 Å². The number of benzene rings is 1. The van der Waals surface area contributed by atoms with Gasteiger partial charge in [0, 0.05) is 24.8 Å². The maximum absolute atomic E-state index is 13.2. The molecular weight excluding hydrogens is 283 g/mol. The molecule has 0 saturated heterocycles. The van der Waals surface area contributed by atoms with Gasteiger partial charge in [-0.3, -0.25) is 9.89 Å². The molecule has 0 aliphatic carbocycles. The number of likely N-dealkylation sites (N-methyl/N-ethyl adjacent to an activating group) is 1. The highest BCUT2D eigenvalue weighted by molar-refractivity contribution is 5.80. The normalized spacial score (nSPS) is 12.2. The fraction of sp³-hybridized carbons (Fsp3) is 0.375. The number of carbonyl (C=O) groups is 1. The summed E-state index contributed by atoms with van der Waals surface area (Å²) in [5, 5.41) is 7.15. The summed E-state index contributed by atoms with van der Waals surface area (Å²) in [7, 11) is 1.75. The first-order valence-corrected chi connectivity index (χ1v) is 7.28. The second kappa shape index (κ2) is 7.17. The number of halogens is 1. The predicted molar refractivity (Wildman–Crippen MR) is 83.6 cm³/mol. The lowest BCUT2D eigenvalue weighted by atomic mass is 10.1. The molecule has 0 bridgehead atoms. The SMILES string of the molecule is C[C@H](N)C(=O)N(C)CCCc1cc(-c2cccc(F)c2)n[nH]1. The third-order valence-corrected chi connectivity index (χ3v) is 3.46. The number of rotatable bonds is 6. The van der Waals surface area contributed by atoms with E-state index in [0.29, 0.717) is 6.54 Å². The highest BCUT2D eigenvalue weighted by atomic mass is 19.1. The van der Waals surface area contributed by atoms with Gasteiger partial charge in [-0.05, 0) is 38.0 Å². The molecule has 0 aliphatic heterocycles. The standard InChI is InChI=1S/C16H21FN4O/c1-11(18)16(22)21(2)8-4-7-14-10-15(20-19-14)12-5-3-6-13(17)9-12/h3,5-6,9-11H,4,7-8,18H2,1-2H3,(H,19,20)/t11-/m0/s1. The zero-order valence-corrected chi connectivity index (χ0v) is 12.8. The number of aryl methyl sites for hydroxylation is 1. The van der Waals surface area contributed by atoms with Gasteiger partial charge in [-0.1, -0.05) is 12.1 Å². The topological polar surface area (TPSA) is 75.0 Å². The van der Waals surface area contributed by atoms with E-state index in [0.717, 1.165) is 29.8 Å². The van der Waals surface area contributed by atoms with Gasteiger partial charge < -0.3 is 10.6 Å². The third kappa shape index (κ3) is 4.14. The molecule has 0 fully saturated rings. The minimum absolute atomic E-state index is 0.0648. The van der Waals surface area contributed by atoms with Crippen molar-refractivity contribution in [2.45, 2.75) is 25.8 Å². The predicted octanol–water partition coefficient (Wildman–Crippen LogP) is 1.95. The third-order valence-electron chi connectivity index (χ3n) is 3.46. The Bertz CT molecular complexity index is 639. The van der Waals surface area contributed by atoms with Crippen LogP contribution in [0.2, 0.25) is 0 Å². The van der Waals surface area contributed by atoms with E-state index in [9.17, 15) is 9.18 Å². The van der Waals surface area contributed by atoms with Crippen molar-refractivity contribution in [2.75, 3.05) is 13.6 Å². The lowest BCUT2D eigenvalue weighted by Crippen LogP contribution is -2.40. The molecule has 0 spiro atoms. The summed E-state index contributed by atoms with van der Waals surface area (Å²) >= 11 is 0. The number of nitrogens with zero attached hydrogens (tertiary/aromatic N) is 2. The first-order chi connectivity index (χ1) is 10.5. The Morgan fingerprint density at radius 2 is 2.23 bits per heavy atom. The van der Waals surface area contributed by atoms with Crippen LogP contribution in [-0.4, -0.2) is 40.6 Å². The van der Waals surface area contributed by atoms with Crippen LogP contribution in [0.4, 0.5) is 4.39 Å². The number of aromatic amines is 1. The molecule has 1 heterocycles. The Morgan fingerprint density at radius 3 is 2.91 bits per heavy atom. The molecule has 22 heavy (non-hydrogen) atoms. The number of nitrogens with one attached hydrogen (secondary N) is 1. The van der Waals surface area contributed by atoms with Crippen molar-refractivity contribution in [3.05, 3.63) is 41.8 Å². The summed E-state index contributed by atoms with van der Waals surface area (Å²) < 4.78 is 13.2. The van der Waals surface area contributed by atoms with Crippen LogP contribution in [0.1, 0.15) is 19.0 Å². The van der Waals surface area contributed by atoms with Gasteiger partial charge in [-0.25, -0.2) is 4.39 Å². The van der Waals surface area contributed by atoms with Gasteiger partial charge in [-0.2, -0.15) is 5.10 Å². The average molecular weight is 304 g/mol. The van der Waals surface area contributed by atoms with Crippen LogP contribution in [0.25, 0.3) is 11.3 Å². The van der Waals surface area contributed by atoms with Crippen molar-refractivity contribution in [1.29, 1.82) is 0 Å². The molecule has 3 N–H and O–H groups in total. The minimum Gasteiger partial charge on any atom is -0.344 e. The van der Waals surface area contributed by atoms with Crippen molar-refractivity contribution >= 4 is 5.91 Å². The first kappa shape index (κ1) is 16.2. The van der Waals surface area contributed by atoms with E-state index >= 15 is 0 Å². The molecule has 1 amide bonds. The fourth-order valence-corrected chi connectivity index (χ4v) is 2.25. The van der Waals surface area contributed by atoms with Gasteiger partial charge in [0.1, 0.15) is 5.82 Å². The van der Waals surface area contributed by atoms with Crippen molar-refractivity contribution < 1.29 is 9.18 Å². The number of hydrogen-bond donors (Lipinski definition) is 2. The molecule has 1 aromatic carbocycles. The smallest absolute Gasteiger partial charge is 0.238 e. The Hall–Kier alpha value is -2.21. The minimum atomic E-state index is -0.475. The van der Waals surface area contributed by atoms with Gasteiger partial charge in [0.25, 0.3) is 0 Å².